The summed E-state index contributed by atoms with van der Waals surface area (Å²) in [7, 11) is 0. The van der Waals surface area contributed by atoms with Crippen molar-refractivity contribution in [3.05, 3.63) is 153 Å². The summed E-state index contributed by atoms with van der Waals surface area (Å²) >= 11 is 13.3. The second-order valence-corrected chi connectivity index (χ2v) is 17.9. The molecule has 8 nitrogen and oxygen atoms in total. The van der Waals surface area contributed by atoms with Crippen molar-refractivity contribution < 1.29 is 30.0 Å². The summed E-state index contributed by atoms with van der Waals surface area (Å²) in [6.45, 7) is 0. The first kappa shape index (κ1) is 46.0. The van der Waals surface area contributed by atoms with Crippen molar-refractivity contribution >= 4 is 68.7 Å². The summed E-state index contributed by atoms with van der Waals surface area (Å²) in [5.74, 6) is -2.82. The molecule has 0 radical (unpaired) electrons. The number of aliphatic hydroxyl groups excluding tert-OH is 2. The molecule has 4 N–H and O–H groups in total. The van der Waals surface area contributed by atoms with Gasteiger partial charge < -0.3 is 20.4 Å². The Morgan fingerprint density at radius 3 is 1.26 bits per heavy atom. The molecule has 0 fully saturated rings. The van der Waals surface area contributed by atoms with Gasteiger partial charge in [-0.05, 0) is 110 Å². The fourth-order valence-corrected chi connectivity index (χ4v) is 9.91. The van der Waals surface area contributed by atoms with Crippen LogP contribution in [0.2, 0.25) is 10.0 Å². The van der Waals surface area contributed by atoms with E-state index < -0.39 is 34.6 Å². The van der Waals surface area contributed by atoms with Crippen LogP contribution >= 0.6 is 35.0 Å². The molecule has 0 aliphatic carbocycles. The molecular weight excluding hydrogens is 828 g/mol. The molecule has 4 unspecified atom stereocenters. The number of carboxylic acid groups (broad SMARTS) is 2. The van der Waals surface area contributed by atoms with Crippen molar-refractivity contribution in [3.63, 3.8) is 0 Å². The van der Waals surface area contributed by atoms with Gasteiger partial charge in [0.2, 0.25) is 0 Å². The van der Waals surface area contributed by atoms with Gasteiger partial charge in [-0.3, -0.25) is 9.97 Å². The minimum Gasteiger partial charge on any atom is -0.479 e. The topological polar surface area (TPSA) is 141 Å². The molecule has 0 saturated heterocycles. The smallest absolute Gasteiger partial charge is 0.334 e. The van der Waals surface area contributed by atoms with Gasteiger partial charge in [0.1, 0.15) is 0 Å². The molecule has 2 heterocycles. The van der Waals surface area contributed by atoms with Crippen molar-refractivity contribution in [1.82, 2.24) is 9.97 Å². The Hall–Kier alpha value is -4.51. The maximum absolute atomic E-state index is 12.4. The number of unbranched alkanes of at least 4 members (excludes halogenated alkanes) is 8. The van der Waals surface area contributed by atoms with Gasteiger partial charge in [0.05, 0.1) is 21.5 Å². The molecule has 61 heavy (non-hydrogen) atoms. The van der Waals surface area contributed by atoms with Gasteiger partial charge in [-0.1, -0.05) is 135 Å². The Morgan fingerprint density at radius 1 is 0.492 bits per heavy atom. The normalized spacial score (nSPS) is 13.6. The molecule has 4 atom stereocenters. The van der Waals surface area contributed by atoms with Gasteiger partial charge >= 0.3 is 11.9 Å². The number of pyridine rings is 2. The van der Waals surface area contributed by atoms with Crippen LogP contribution in [0.4, 0.5) is 0 Å². The van der Waals surface area contributed by atoms with E-state index in [-0.39, 0.29) is 0 Å². The number of aliphatic hydroxyl groups is 2. The third kappa shape index (κ3) is 13.2. The van der Waals surface area contributed by atoms with Gasteiger partial charge in [-0.2, -0.15) is 0 Å². The fourth-order valence-electron chi connectivity index (χ4n) is 7.98. The number of nitrogens with zero attached hydrogens (tertiary/aromatic N) is 2. The molecule has 2 aromatic heterocycles. The number of aryl methyl sites for hydroxylation is 4. The first-order chi connectivity index (χ1) is 29.6. The average Bonchev–Trinajstić information content (AvgIpc) is 3.25. The lowest BCUT2D eigenvalue weighted by Gasteiger charge is -2.30. The Kier molecular flexibility index (Phi) is 17.4. The van der Waals surface area contributed by atoms with Crippen LogP contribution in [-0.2, 0) is 35.3 Å². The molecule has 0 amide bonds. The number of rotatable bonds is 24. The second-order valence-electron chi connectivity index (χ2n) is 15.8. The molecule has 6 rings (SSSR count). The van der Waals surface area contributed by atoms with Crippen LogP contribution in [0.25, 0.3) is 21.8 Å². The van der Waals surface area contributed by atoms with E-state index in [1.54, 1.807) is 12.1 Å². The summed E-state index contributed by atoms with van der Waals surface area (Å²) < 4.78 is 0. The molecule has 6 aromatic rings. The molecule has 0 aliphatic rings. The summed E-state index contributed by atoms with van der Waals surface area (Å²) in [5.41, 5.74) is 6.95. The van der Waals surface area contributed by atoms with Gasteiger partial charge in [0.15, 0.2) is 12.2 Å². The average molecular weight is 882 g/mol. The number of aliphatic carboxylic acids is 2. The standard InChI is InChI=1S/C50H54Cl2N2O6S/c51-37-27-23-35-25-29-39(53-43(35)31-37)19-9-5-1-3-7-15-33-17-11-13-21-41(33)47(45(55)49(57)58)61-48(46(56)50(59)60)42-22-14-12-18-34(42)16-8-4-2-6-10-20-40-30-26-36-24-28-38(52)32-44(36)54-40/h11-14,17-18,21-32,45-48,55-56H,1-10,15-16,19-20H2,(H,57,58)(H,59,60). The van der Waals surface area contributed by atoms with E-state index in [1.807, 2.05) is 72.8 Å². The van der Waals surface area contributed by atoms with Crippen LogP contribution in [0.3, 0.4) is 0 Å². The van der Waals surface area contributed by atoms with Crippen LogP contribution < -0.4 is 0 Å². The molecular formula is C50H54Cl2N2O6S. The van der Waals surface area contributed by atoms with Crippen LogP contribution in [0.1, 0.15) is 108 Å². The lowest BCUT2D eigenvalue weighted by atomic mass is 9.95. The predicted octanol–water partition coefficient (Wildman–Crippen LogP) is 12.0. The van der Waals surface area contributed by atoms with E-state index in [0.717, 1.165) is 133 Å². The highest BCUT2D eigenvalue weighted by atomic mass is 35.5. The maximum atomic E-state index is 12.4. The molecule has 0 saturated carbocycles. The summed E-state index contributed by atoms with van der Waals surface area (Å²) in [4.78, 5) is 34.3. The van der Waals surface area contributed by atoms with Gasteiger partial charge in [-0.15, -0.1) is 11.8 Å². The summed E-state index contributed by atoms with van der Waals surface area (Å²) in [6, 6.07) is 34.7. The number of hydrogen-bond donors (Lipinski definition) is 4. The number of benzene rings is 4. The van der Waals surface area contributed by atoms with Crippen molar-refractivity contribution in [1.29, 1.82) is 0 Å². The van der Waals surface area contributed by atoms with Gasteiger partial charge in [0, 0.05) is 32.2 Å². The number of aromatic nitrogens is 2. The van der Waals surface area contributed by atoms with Crippen LogP contribution in [0, 0.1) is 0 Å². The monoisotopic (exact) mass is 880 g/mol. The zero-order valence-electron chi connectivity index (χ0n) is 34.3. The molecule has 11 heteroatoms. The van der Waals surface area contributed by atoms with E-state index in [2.05, 4.69) is 24.3 Å². The Balaban J connectivity index is 1.04. The highest BCUT2D eigenvalue weighted by molar-refractivity contribution is 7.99. The van der Waals surface area contributed by atoms with E-state index in [4.69, 9.17) is 33.2 Å². The number of carbonyl (C=O) groups is 2. The van der Waals surface area contributed by atoms with Crippen LogP contribution in [-0.4, -0.2) is 54.5 Å². The quantitative estimate of drug-likeness (QED) is 0.0437. The number of halogens is 2. The number of hydrogen-bond acceptors (Lipinski definition) is 7. The highest BCUT2D eigenvalue weighted by Gasteiger charge is 2.37. The Labute approximate surface area is 372 Å². The van der Waals surface area contributed by atoms with Crippen LogP contribution in [0.15, 0.2) is 109 Å². The van der Waals surface area contributed by atoms with E-state index >= 15 is 0 Å². The minimum atomic E-state index is -1.83. The lowest BCUT2D eigenvalue weighted by Crippen LogP contribution is -2.31. The van der Waals surface area contributed by atoms with Crippen molar-refractivity contribution in [3.8, 4) is 0 Å². The van der Waals surface area contributed by atoms with Crippen molar-refractivity contribution in [2.45, 2.75) is 113 Å². The Morgan fingerprint density at radius 2 is 0.852 bits per heavy atom. The third-order valence-corrected chi connectivity index (χ3v) is 13.4. The molecule has 0 spiro atoms. The molecule has 0 bridgehead atoms. The van der Waals surface area contributed by atoms with Crippen molar-refractivity contribution in [2.75, 3.05) is 0 Å². The summed E-state index contributed by atoms with van der Waals surface area (Å²) in [6.07, 6.45) is 9.28. The van der Waals surface area contributed by atoms with E-state index in [1.165, 1.54) is 0 Å². The Bertz CT molecular complexity index is 2230. The molecule has 4 aromatic carbocycles. The van der Waals surface area contributed by atoms with Gasteiger partial charge in [-0.25, -0.2) is 9.59 Å². The maximum Gasteiger partial charge on any atom is 0.334 e. The van der Waals surface area contributed by atoms with E-state index in [0.29, 0.717) is 34.0 Å². The molecule has 0 aliphatic heterocycles. The second kappa shape index (κ2) is 23.1. The SMILES string of the molecule is O=C(O)C(O)C(SC(c1ccccc1CCCCCCCc1ccc2ccc(Cl)cc2n1)C(O)C(=O)O)c1ccccc1CCCCCCCc1ccc2ccc(Cl)cc2n1. The molecule has 320 valence electrons. The fraction of sp³-hybridized carbons (Fsp3) is 0.360. The van der Waals surface area contributed by atoms with Crippen LogP contribution in [0.5, 0.6) is 0 Å². The first-order valence-corrected chi connectivity index (χ1v) is 23.0. The lowest BCUT2D eigenvalue weighted by molar-refractivity contribution is -0.146. The summed E-state index contributed by atoms with van der Waals surface area (Å²) in [5, 5.41) is 44.0. The zero-order chi connectivity index (χ0) is 43.1. The predicted molar refractivity (Wildman–Crippen MR) is 248 cm³/mol. The van der Waals surface area contributed by atoms with Crippen molar-refractivity contribution in [2.24, 2.45) is 0 Å². The largest absolute Gasteiger partial charge is 0.479 e. The number of thioether (sulfide) groups is 1. The number of carboxylic acids is 2. The third-order valence-electron chi connectivity index (χ3n) is 11.3. The number of fused-ring (bicyclic) bond motifs is 2. The van der Waals surface area contributed by atoms with E-state index in [9.17, 15) is 30.0 Å². The van der Waals surface area contributed by atoms with Gasteiger partial charge in [0.25, 0.3) is 0 Å². The highest BCUT2D eigenvalue weighted by Crippen LogP contribution is 2.47. The zero-order valence-corrected chi connectivity index (χ0v) is 36.6. The first-order valence-electron chi connectivity index (χ1n) is 21.3. The minimum absolute atomic E-state index is 0.632.